The zero-order chi connectivity index (χ0) is 27.9. The number of hydrogen-bond acceptors (Lipinski definition) is 6. The summed E-state index contributed by atoms with van der Waals surface area (Å²) < 4.78 is 6.06. The van der Waals surface area contributed by atoms with Crippen LogP contribution in [0.25, 0.3) is 11.3 Å². The van der Waals surface area contributed by atoms with Crippen LogP contribution in [0, 0.1) is 0 Å². The number of nitrogens with zero attached hydrogens (tertiary/aromatic N) is 2. The van der Waals surface area contributed by atoms with E-state index in [-0.39, 0.29) is 29.6 Å². The molecule has 0 spiro atoms. The molecule has 1 aliphatic rings. The van der Waals surface area contributed by atoms with Crippen molar-refractivity contribution in [2.24, 2.45) is 0 Å². The van der Waals surface area contributed by atoms with E-state index in [2.05, 4.69) is 68.4 Å². The molecule has 0 bridgehead atoms. The number of carbonyl (C=O) groups excluding carboxylic acids is 1. The number of thiazole rings is 1. The first kappa shape index (κ1) is 31.5. The number of rotatable bonds is 12. The quantitative estimate of drug-likeness (QED) is 0.241. The van der Waals surface area contributed by atoms with E-state index < -0.39 is 12.0 Å². The van der Waals surface area contributed by atoms with Crippen molar-refractivity contribution in [2.75, 3.05) is 0 Å². The number of benzene rings is 3. The van der Waals surface area contributed by atoms with Gasteiger partial charge in [-0.3, -0.25) is 4.90 Å². The molecule has 208 valence electrons. The Balaban J connectivity index is 0.00000387. The van der Waals surface area contributed by atoms with Gasteiger partial charge in [-0.05, 0) is 59.6 Å². The van der Waals surface area contributed by atoms with E-state index >= 15 is 0 Å². The van der Waals surface area contributed by atoms with E-state index in [0.29, 0.717) is 32.0 Å². The topological polar surface area (TPSA) is 65.5 Å². The zero-order valence-corrected chi connectivity index (χ0v) is 27.2. The van der Waals surface area contributed by atoms with E-state index in [1.54, 1.807) is 11.3 Å². The SMILES string of the molecule is CCCC(CCC)c1ccc(OCc2ccc(-c3csc(CN4Cc5ccccc5C[C@H]4C(=O)[O-])n3)cc2)cc1.[Na+]. The average Bonchev–Trinajstić information content (AvgIpc) is 3.44. The third-order valence-electron chi connectivity index (χ3n) is 7.79. The Hall–Kier alpha value is -2.48. The number of carboxylic acids is 1. The summed E-state index contributed by atoms with van der Waals surface area (Å²) in [6.45, 7) is 6.08. The third-order valence-corrected chi connectivity index (χ3v) is 8.62. The second-order valence-electron chi connectivity index (χ2n) is 10.7. The number of hydrogen-bond donors (Lipinski definition) is 0. The van der Waals surface area contributed by atoms with Gasteiger partial charge in [0.15, 0.2) is 0 Å². The largest absolute Gasteiger partial charge is 1.00 e. The monoisotopic (exact) mass is 576 g/mol. The van der Waals surface area contributed by atoms with Crippen molar-refractivity contribution in [3.63, 3.8) is 0 Å². The molecule has 1 atom stereocenters. The maximum atomic E-state index is 11.9. The van der Waals surface area contributed by atoms with E-state index in [4.69, 9.17) is 9.72 Å². The Bertz CT molecular complexity index is 1400. The molecule has 0 fully saturated rings. The van der Waals surface area contributed by atoms with E-state index in [1.165, 1.54) is 36.8 Å². The Kier molecular flexibility index (Phi) is 11.6. The number of carbonyl (C=O) groups is 1. The second kappa shape index (κ2) is 15.1. The van der Waals surface area contributed by atoms with E-state index in [1.807, 2.05) is 28.5 Å². The smallest absolute Gasteiger partial charge is 0.548 e. The van der Waals surface area contributed by atoms with Gasteiger partial charge in [0.05, 0.1) is 24.2 Å². The average molecular weight is 577 g/mol. The van der Waals surface area contributed by atoms with Crippen LogP contribution >= 0.6 is 11.3 Å². The fourth-order valence-corrected chi connectivity index (χ4v) is 6.44. The molecule has 5 rings (SSSR count). The third kappa shape index (κ3) is 8.08. The Morgan fingerprint density at radius 3 is 2.34 bits per heavy atom. The van der Waals surface area contributed by atoms with Crippen molar-refractivity contribution in [1.29, 1.82) is 0 Å². The Morgan fingerprint density at radius 1 is 1.00 bits per heavy atom. The maximum absolute atomic E-state index is 11.9. The van der Waals surface area contributed by atoms with E-state index in [9.17, 15) is 9.90 Å². The predicted molar refractivity (Wildman–Crippen MR) is 159 cm³/mol. The number of ether oxygens (including phenoxy) is 1. The molecule has 1 aliphatic heterocycles. The van der Waals surface area contributed by atoms with Crippen LogP contribution in [0.4, 0.5) is 0 Å². The second-order valence-corrected chi connectivity index (χ2v) is 11.6. The standard InChI is InChI=1S/C34H38N2O3S.Na/c1-3-7-25(8-4-2)26-15-17-30(18-16-26)39-22-24-11-13-27(14-12-24)31-23-40-33(35-31)21-36-20-29-10-6-5-9-28(29)19-32(36)34(37)38;/h5-6,9-18,23,25,32H,3-4,7-8,19-22H2,1-2H3,(H,37,38);/q;+1/p-1/t32-;/m0./s1. The van der Waals surface area contributed by atoms with Crippen LogP contribution < -0.4 is 39.4 Å². The van der Waals surface area contributed by atoms with Crippen LogP contribution in [0.3, 0.4) is 0 Å². The van der Waals surface area contributed by atoms with Crippen LogP contribution in [0.1, 0.15) is 72.7 Å². The molecule has 2 heterocycles. The Morgan fingerprint density at radius 2 is 1.68 bits per heavy atom. The van der Waals surface area contributed by atoms with Gasteiger partial charge in [0, 0.05) is 17.5 Å². The summed E-state index contributed by atoms with van der Waals surface area (Å²) >= 11 is 1.56. The summed E-state index contributed by atoms with van der Waals surface area (Å²) in [4.78, 5) is 18.7. The fourth-order valence-electron chi connectivity index (χ4n) is 5.61. The molecule has 5 nitrogen and oxygen atoms in total. The summed E-state index contributed by atoms with van der Waals surface area (Å²) in [6, 6.07) is 24.3. The molecule has 0 radical (unpaired) electrons. The molecule has 41 heavy (non-hydrogen) atoms. The van der Waals surface area contributed by atoms with Crippen molar-refractivity contribution in [3.8, 4) is 17.0 Å². The van der Waals surface area contributed by atoms with Crippen LogP contribution in [0.15, 0.2) is 78.2 Å². The minimum absolute atomic E-state index is 0. The predicted octanol–water partition coefficient (Wildman–Crippen LogP) is 3.75. The van der Waals surface area contributed by atoms with Crippen LogP contribution in [0.5, 0.6) is 5.75 Å². The number of carboxylic acid groups (broad SMARTS) is 1. The van der Waals surface area contributed by atoms with Crippen molar-refractivity contribution in [2.45, 2.75) is 77.6 Å². The molecule has 7 heteroatoms. The zero-order valence-electron chi connectivity index (χ0n) is 24.3. The summed E-state index contributed by atoms with van der Waals surface area (Å²) in [7, 11) is 0. The van der Waals surface area contributed by atoms with Gasteiger partial charge in [-0.2, -0.15) is 0 Å². The number of fused-ring (bicyclic) bond motifs is 1. The summed E-state index contributed by atoms with van der Waals surface area (Å²) in [6.07, 6.45) is 5.33. The van der Waals surface area contributed by atoms with E-state index in [0.717, 1.165) is 33.1 Å². The van der Waals surface area contributed by atoms with Gasteiger partial charge in [0.25, 0.3) is 0 Å². The fraction of sp³-hybridized carbons (Fsp3) is 0.353. The molecule has 4 aromatic rings. The normalized spacial score (nSPS) is 14.9. The first-order valence-electron chi connectivity index (χ1n) is 14.3. The van der Waals surface area contributed by atoms with Crippen molar-refractivity contribution in [3.05, 3.63) is 105 Å². The molecule has 0 amide bonds. The van der Waals surface area contributed by atoms with Crippen molar-refractivity contribution in [1.82, 2.24) is 9.88 Å². The molecule has 0 unspecified atom stereocenters. The number of aliphatic carboxylic acids is 1. The molecule has 0 saturated heterocycles. The van der Waals surface area contributed by atoms with Crippen LogP contribution in [-0.4, -0.2) is 21.9 Å². The molecular weight excluding hydrogens is 539 g/mol. The summed E-state index contributed by atoms with van der Waals surface area (Å²) in [5, 5.41) is 14.8. The van der Waals surface area contributed by atoms with Gasteiger partial charge >= 0.3 is 29.6 Å². The molecule has 3 aromatic carbocycles. The maximum Gasteiger partial charge on any atom is 1.00 e. The molecular formula is C34H37N2NaO3S. The first-order chi connectivity index (χ1) is 19.5. The summed E-state index contributed by atoms with van der Waals surface area (Å²) in [5.41, 5.74) is 6.70. The van der Waals surface area contributed by atoms with Gasteiger partial charge < -0.3 is 14.6 Å². The first-order valence-corrected chi connectivity index (χ1v) is 15.2. The molecule has 0 N–H and O–H groups in total. The van der Waals surface area contributed by atoms with Gasteiger partial charge in [-0.15, -0.1) is 11.3 Å². The minimum Gasteiger partial charge on any atom is -0.548 e. The van der Waals surface area contributed by atoms with Crippen molar-refractivity contribution < 1.29 is 44.2 Å². The van der Waals surface area contributed by atoms with Gasteiger partial charge in [0.1, 0.15) is 17.4 Å². The Labute approximate surface area is 269 Å². The van der Waals surface area contributed by atoms with Gasteiger partial charge in [0.2, 0.25) is 0 Å². The molecule has 0 aliphatic carbocycles. The van der Waals surface area contributed by atoms with Crippen LogP contribution in [-0.2, 0) is 30.9 Å². The molecule has 1 aromatic heterocycles. The molecule has 0 saturated carbocycles. The summed E-state index contributed by atoms with van der Waals surface area (Å²) in [5.74, 6) is 0.492. The number of aromatic nitrogens is 1. The van der Waals surface area contributed by atoms with Gasteiger partial charge in [-0.1, -0.05) is 87.4 Å². The van der Waals surface area contributed by atoms with Crippen LogP contribution in [0.2, 0.25) is 0 Å². The minimum atomic E-state index is -1.03. The van der Waals surface area contributed by atoms with Gasteiger partial charge in [-0.25, -0.2) is 4.98 Å². The van der Waals surface area contributed by atoms with Crippen molar-refractivity contribution >= 4 is 17.3 Å².